The number of hydrogen-bond donors (Lipinski definition) is 1. The number of aromatic nitrogens is 2. The van der Waals surface area contributed by atoms with Crippen molar-refractivity contribution in [3.63, 3.8) is 0 Å². The zero-order chi connectivity index (χ0) is 10.0. The minimum absolute atomic E-state index is 0.262. The topological polar surface area (TPSA) is 38.1 Å². The molecule has 1 aromatic rings. The molecule has 3 heteroatoms. The molecule has 74 valence electrons. The third-order valence-electron chi connectivity index (χ3n) is 2.52. The van der Waals surface area contributed by atoms with Gasteiger partial charge < -0.3 is 5.11 Å². The van der Waals surface area contributed by atoms with Crippen molar-refractivity contribution < 1.29 is 5.11 Å². The molecule has 0 spiro atoms. The van der Waals surface area contributed by atoms with Gasteiger partial charge in [0, 0.05) is 12.7 Å². The highest BCUT2D eigenvalue weighted by Gasteiger charge is 2.11. The van der Waals surface area contributed by atoms with E-state index in [-0.39, 0.29) is 12.0 Å². The van der Waals surface area contributed by atoms with Crippen LogP contribution in [0.1, 0.15) is 25.2 Å². The van der Waals surface area contributed by atoms with Crippen molar-refractivity contribution in [1.29, 1.82) is 0 Å². The Labute approximate surface area is 79.4 Å². The van der Waals surface area contributed by atoms with Gasteiger partial charge in [-0.25, -0.2) is 0 Å². The van der Waals surface area contributed by atoms with Crippen LogP contribution in [0.3, 0.4) is 0 Å². The van der Waals surface area contributed by atoms with Crippen LogP contribution in [0.15, 0.2) is 6.07 Å². The Bertz CT molecular complexity index is 259. The zero-order valence-corrected chi connectivity index (χ0v) is 8.78. The average molecular weight is 182 g/mol. The molecule has 1 heterocycles. The van der Waals surface area contributed by atoms with E-state index in [0.717, 1.165) is 17.8 Å². The van der Waals surface area contributed by atoms with Crippen molar-refractivity contribution in [2.45, 2.75) is 33.3 Å². The molecule has 0 saturated carbocycles. The van der Waals surface area contributed by atoms with Crippen molar-refractivity contribution in [2.75, 3.05) is 0 Å². The maximum atomic E-state index is 9.32. The van der Waals surface area contributed by atoms with Gasteiger partial charge >= 0.3 is 0 Å². The van der Waals surface area contributed by atoms with Gasteiger partial charge in [0.05, 0.1) is 11.8 Å². The third kappa shape index (κ3) is 2.56. The highest BCUT2D eigenvalue weighted by atomic mass is 16.3. The molecule has 2 unspecified atom stereocenters. The minimum atomic E-state index is -0.262. The Morgan fingerprint density at radius 2 is 2.15 bits per heavy atom. The normalized spacial score (nSPS) is 15.8. The molecule has 1 N–H and O–H groups in total. The van der Waals surface area contributed by atoms with Crippen LogP contribution in [0.25, 0.3) is 0 Å². The summed E-state index contributed by atoms with van der Waals surface area (Å²) in [6.07, 6.45) is 0.585. The summed E-state index contributed by atoms with van der Waals surface area (Å²) in [7, 11) is 1.94. The van der Waals surface area contributed by atoms with Gasteiger partial charge in [0.25, 0.3) is 0 Å². The third-order valence-corrected chi connectivity index (χ3v) is 2.52. The highest BCUT2D eigenvalue weighted by molar-refractivity contribution is 5.09. The predicted octanol–water partition coefficient (Wildman–Crippen LogP) is 1.29. The van der Waals surface area contributed by atoms with Gasteiger partial charge in [-0.15, -0.1) is 0 Å². The van der Waals surface area contributed by atoms with E-state index in [1.807, 2.05) is 32.5 Å². The second-order valence-electron chi connectivity index (χ2n) is 3.82. The SMILES string of the molecule is Cc1cc(CC(C)C(C)O)nn1C. The van der Waals surface area contributed by atoms with E-state index < -0.39 is 0 Å². The second kappa shape index (κ2) is 3.92. The first-order valence-electron chi connectivity index (χ1n) is 4.68. The number of aliphatic hydroxyl groups excluding tert-OH is 1. The molecule has 0 aliphatic heterocycles. The van der Waals surface area contributed by atoms with Crippen molar-refractivity contribution in [3.8, 4) is 0 Å². The fraction of sp³-hybridized carbons (Fsp3) is 0.700. The molecule has 0 saturated heterocycles. The van der Waals surface area contributed by atoms with E-state index in [1.54, 1.807) is 0 Å². The maximum Gasteiger partial charge on any atom is 0.0630 e. The largest absolute Gasteiger partial charge is 0.393 e. The van der Waals surface area contributed by atoms with Crippen LogP contribution in [0.4, 0.5) is 0 Å². The molecule has 0 fully saturated rings. The first-order valence-corrected chi connectivity index (χ1v) is 4.68. The molecule has 3 nitrogen and oxygen atoms in total. The summed E-state index contributed by atoms with van der Waals surface area (Å²) in [4.78, 5) is 0. The fourth-order valence-electron chi connectivity index (χ4n) is 1.24. The van der Waals surface area contributed by atoms with Crippen LogP contribution in [-0.2, 0) is 13.5 Å². The number of nitrogens with zero attached hydrogens (tertiary/aromatic N) is 2. The molecular formula is C10H18N2O. The zero-order valence-electron chi connectivity index (χ0n) is 8.78. The van der Waals surface area contributed by atoms with Crippen LogP contribution in [-0.4, -0.2) is 21.0 Å². The molecular weight excluding hydrogens is 164 g/mol. The molecule has 0 aromatic carbocycles. The molecule has 1 aromatic heterocycles. The van der Waals surface area contributed by atoms with Crippen molar-refractivity contribution in [3.05, 3.63) is 17.5 Å². The molecule has 0 bridgehead atoms. The van der Waals surface area contributed by atoms with E-state index in [0.29, 0.717) is 0 Å². The molecule has 0 amide bonds. The monoisotopic (exact) mass is 182 g/mol. The van der Waals surface area contributed by atoms with Crippen LogP contribution < -0.4 is 0 Å². The Hall–Kier alpha value is -0.830. The first-order chi connectivity index (χ1) is 6.00. The second-order valence-corrected chi connectivity index (χ2v) is 3.82. The highest BCUT2D eigenvalue weighted by Crippen LogP contribution is 2.11. The smallest absolute Gasteiger partial charge is 0.0630 e. The summed E-state index contributed by atoms with van der Waals surface area (Å²) in [6.45, 7) is 5.89. The van der Waals surface area contributed by atoms with Crippen LogP contribution in [0.5, 0.6) is 0 Å². The summed E-state index contributed by atoms with van der Waals surface area (Å²) >= 11 is 0. The Balaban J connectivity index is 2.64. The number of hydrogen-bond acceptors (Lipinski definition) is 2. The number of aliphatic hydroxyl groups is 1. The van der Waals surface area contributed by atoms with E-state index in [4.69, 9.17) is 0 Å². The summed E-state index contributed by atoms with van der Waals surface area (Å²) in [5.41, 5.74) is 2.22. The summed E-state index contributed by atoms with van der Waals surface area (Å²) in [5, 5.41) is 13.7. The molecule has 1 rings (SSSR count). The fourth-order valence-corrected chi connectivity index (χ4v) is 1.24. The lowest BCUT2D eigenvalue weighted by Crippen LogP contribution is -2.15. The minimum Gasteiger partial charge on any atom is -0.393 e. The summed E-state index contributed by atoms with van der Waals surface area (Å²) < 4.78 is 1.87. The molecule has 2 atom stereocenters. The van der Waals surface area contributed by atoms with E-state index in [9.17, 15) is 5.11 Å². The van der Waals surface area contributed by atoms with Crippen LogP contribution in [0.2, 0.25) is 0 Å². The Kier molecular flexibility index (Phi) is 3.09. The van der Waals surface area contributed by atoms with Gasteiger partial charge in [-0.3, -0.25) is 4.68 Å². The predicted molar refractivity (Wildman–Crippen MR) is 52.5 cm³/mol. The van der Waals surface area contributed by atoms with Gasteiger partial charge in [-0.05, 0) is 32.3 Å². The standard InChI is InChI=1S/C10H18N2O/c1-7(9(3)13)5-10-6-8(2)12(4)11-10/h6-7,9,13H,5H2,1-4H3. The van der Waals surface area contributed by atoms with E-state index in [2.05, 4.69) is 11.2 Å². The van der Waals surface area contributed by atoms with Crippen LogP contribution in [0, 0.1) is 12.8 Å². The number of aryl methyl sites for hydroxylation is 2. The van der Waals surface area contributed by atoms with Gasteiger partial charge in [0.15, 0.2) is 0 Å². The Morgan fingerprint density at radius 1 is 1.54 bits per heavy atom. The van der Waals surface area contributed by atoms with E-state index in [1.165, 1.54) is 0 Å². The Morgan fingerprint density at radius 3 is 2.54 bits per heavy atom. The van der Waals surface area contributed by atoms with Crippen molar-refractivity contribution in [2.24, 2.45) is 13.0 Å². The lowest BCUT2D eigenvalue weighted by molar-refractivity contribution is 0.134. The van der Waals surface area contributed by atoms with Gasteiger partial charge in [0.2, 0.25) is 0 Å². The molecule has 0 radical (unpaired) electrons. The summed E-state index contributed by atoms with van der Waals surface area (Å²) in [6, 6.07) is 2.07. The van der Waals surface area contributed by atoms with Gasteiger partial charge in [-0.1, -0.05) is 6.92 Å². The first kappa shape index (κ1) is 10.3. The summed E-state index contributed by atoms with van der Waals surface area (Å²) in [5.74, 6) is 0.272. The van der Waals surface area contributed by atoms with Gasteiger partial charge in [-0.2, -0.15) is 5.10 Å². The molecule has 0 aliphatic rings. The lowest BCUT2D eigenvalue weighted by Gasteiger charge is -2.12. The quantitative estimate of drug-likeness (QED) is 0.765. The molecule has 13 heavy (non-hydrogen) atoms. The van der Waals surface area contributed by atoms with Crippen molar-refractivity contribution in [1.82, 2.24) is 9.78 Å². The lowest BCUT2D eigenvalue weighted by atomic mass is 10.0. The maximum absolute atomic E-state index is 9.32. The van der Waals surface area contributed by atoms with Crippen molar-refractivity contribution >= 4 is 0 Å². The van der Waals surface area contributed by atoms with Gasteiger partial charge in [0.1, 0.15) is 0 Å². The van der Waals surface area contributed by atoms with E-state index >= 15 is 0 Å². The number of rotatable bonds is 3. The van der Waals surface area contributed by atoms with Crippen LogP contribution >= 0.6 is 0 Å². The molecule has 0 aliphatic carbocycles. The average Bonchev–Trinajstić information content (AvgIpc) is 2.31.